The van der Waals surface area contributed by atoms with Gasteiger partial charge in [-0.2, -0.15) is 22.0 Å². The Balaban J connectivity index is 2.61. The molecule has 6 heteroatoms. The third kappa shape index (κ3) is 4.30. The van der Waals surface area contributed by atoms with Crippen LogP contribution < -0.4 is 0 Å². The molecule has 1 fully saturated rings. The van der Waals surface area contributed by atoms with Crippen molar-refractivity contribution in [1.82, 2.24) is 0 Å². The van der Waals surface area contributed by atoms with Crippen LogP contribution in [0.5, 0.6) is 0 Å². The summed E-state index contributed by atoms with van der Waals surface area (Å²) in [6.45, 7) is 2.39. The number of hydrogen-bond acceptors (Lipinski definition) is 1. The highest BCUT2D eigenvalue weighted by atomic mass is 19.4. The summed E-state index contributed by atoms with van der Waals surface area (Å²) in [6.07, 6.45) is -0.741. The fourth-order valence-electron chi connectivity index (χ4n) is 2.91. The van der Waals surface area contributed by atoms with Crippen LogP contribution in [0.2, 0.25) is 0 Å². The van der Waals surface area contributed by atoms with E-state index in [-0.39, 0.29) is 11.8 Å². The summed E-state index contributed by atoms with van der Waals surface area (Å²) in [7, 11) is 0. The molecule has 1 aliphatic rings. The number of rotatable bonds is 7. The molecule has 1 aliphatic carbocycles. The third-order valence-corrected chi connectivity index (χ3v) is 4.16. The van der Waals surface area contributed by atoms with Crippen LogP contribution in [0.4, 0.5) is 22.0 Å². The molecule has 0 aromatic carbocycles. The number of halogens is 5. The van der Waals surface area contributed by atoms with Gasteiger partial charge in [-0.25, -0.2) is 0 Å². The zero-order valence-corrected chi connectivity index (χ0v) is 12.0. The van der Waals surface area contributed by atoms with Crippen molar-refractivity contribution in [2.75, 3.05) is 6.61 Å². The highest BCUT2D eigenvalue weighted by Crippen LogP contribution is 2.41. The van der Waals surface area contributed by atoms with E-state index in [0.29, 0.717) is 0 Å². The van der Waals surface area contributed by atoms with Crippen LogP contribution in [0.25, 0.3) is 0 Å². The van der Waals surface area contributed by atoms with Gasteiger partial charge in [0.2, 0.25) is 0 Å². The first-order valence-electron chi connectivity index (χ1n) is 7.29. The Hall–Kier alpha value is -0.390. The molecule has 0 saturated heterocycles. The van der Waals surface area contributed by atoms with Gasteiger partial charge in [0, 0.05) is 0 Å². The summed E-state index contributed by atoms with van der Waals surface area (Å²) < 4.78 is 67.4. The van der Waals surface area contributed by atoms with Crippen molar-refractivity contribution in [3.05, 3.63) is 0 Å². The van der Waals surface area contributed by atoms with Crippen LogP contribution in [0.1, 0.15) is 52.4 Å². The van der Waals surface area contributed by atoms with E-state index < -0.39 is 24.8 Å². The minimum absolute atomic E-state index is 0.0980. The maximum absolute atomic E-state index is 12.9. The van der Waals surface area contributed by atoms with Gasteiger partial charge in [-0.15, -0.1) is 0 Å². The topological polar surface area (TPSA) is 9.23 Å². The van der Waals surface area contributed by atoms with Crippen LogP contribution in [0.3, 0.4) is 0 Å². The molecule has 1 nitrogen and oxygen atoms in total. The van der Waals surface area contributed by atoms with E-state index in [1.165, 1.54) is 0 Å². The average molecular weight is 302 g/mol. The molecule has 3 unspecified atom stereocenters. The third-order valence-electron chi connectivity index (χ3n) is 4.16. The van der Waals surface area contributed by atoms with E-state index in [1.54, 1.807) is 0 Å². The lowest BCUT2D eigenvalue weighted by atomic mass is 9.94. The highest BCUT2D eigenvalue weighted by molar-refractivity contribution is 4.86. The SMILES string of the molecule is CCCCC1CCC(CC)C1OCC(F)(F)C(F)(F)F. The van der Waals surface area contributed by atoms with Crippen molar-refractivity contribution < 1.29 is 26.7 Å². The van der Waals surface area contributed by atoms with E-state index in [9.17, 15) is 22.0 Å². The van der Waals surface area contributed by atoms with Gasteiger partial charge in [0.1, 0.15) is 6.61 Å². The van der Waals surface area contributed by atoms with E-state index in [4.69, 9.17) is 4.74 Å². The average Bonchev–Trinajstić information content (AvgIpc) is 2.74. The molecule has 0 amide bonds. The number of alkyl halides is 5. The molecule has 0 aromatic heterocycles. The van der Waals surface area contributed by atoms with Gasteiger partial charge in [0.25, 0.3) is 0 Å². The van der Waals surface area contributed by atoms with E-state index in [0.717, 1.165) is 38.5 Å². The van der Waals surface area contributed by atoms with Crippen molar-refractivity contribution in [2.45, 2.75) is 70.6 Å². The Labute approximate surface area is 116 Å². The summed E-state index contributed by atoms with van der Waals surface area (Å²) in [5.41, 5.74) is 0. The smallest absolute Gasteiger partial charge is 0.371 e. The lowest BCUT2D eigenvalue weighted by molar-refractivity contribution is -0.301. The predicted molar refractivity (Wildman–Crippen MR) is 66.8 cm³/mol. The fraction of sp³-hybridized carbons (Fsp3) is 1.00. The molecular formula is C14H23F5O. The minimum Gasteiger partial charge on any atom is -0.371 e. The Morgan fingerprint density at radius 2 is 1.60 bits per heavy atom. The Morgan fingerprint density at radius 3 is 2.10 bits per heavy atom. The van der Waals surface area contributed by atoms with Gasteiger partial charge in [-0.3, -0.25) is 0 Å². The first-order valence-corrected chi connectivity index (χ1v) is 7.29. The van der Waals surface area contributed by atoms with Crippen LogP contribution in [0, 0.1) is 11.8 Å². The summed E-state index contributed by atoms with van der Waals surface area (Å²) in [6, 6.07) is 0. The van der Waals surface area contributed by atoms with Gasteiger partial charge >= 0.3 is 12.1 Å². The van der Waals surface area contributed by atoms with Gasteiger partial charge in [0.05, 0.1) is 6.10 Å². The minimum atomic E-state index is -5.54. The van der Waals surface area contributed by atoms with Crippen molar-refractivity contribution in [3.63, 3.8) is 0 Å². The van der Waals surface area contributed by atoms with Crippen molar-refractivity contribution in [2.24, 2.45) is 11.8 Å². The van der Waals surface area contributed by atoms with E-state index in [1.807, 2.05) is 13.8 Å². The Kier molecular flexibility index (Phi) is 6.23. The first kappa shape index (κ1) is 17.7. The van der Waals surface area contributed by atoms with E-state index >= 15 is 0 Å². The first-order chi connectivity index (χ1) is 9.23. The van der Waals surface area contributed by atoms with Crippen molar-refractivity contribution >= 4 is 0 Å². The zero-order chi connectivity index (χ0) is 15.4. The number of unbranched alkanes of at least 4 members (excludes halogenated alkanes) is 1. The summed E-state index contributed by atoms with van der Waals surface area (Å²) in [4.78, 5) is 0. The number of ether oxygens (including phenoxy) is 1. The van der Waals surface area contributed by atoms with Crippen LogP contribution >= 0.6 is 0 Å². The molecule has 0 bridgehead atoms. The normalized spacial score (nSPS) is 28.1. The largest absolute Gasteiger partial charge is 0.455 e. The second-order valence-corrected chi connectivity index (χ2v) is 5.63. The highest BCUT2D eigenvalue weighted by Gasteiger charge is 2.58. The van der Waals surface area contributed by atoms with Gasteiger partial charge < -0.3 is 4.74 Å². The quantitative estimate of drug-likeness (QED) is 0.588. The summed E-state index contributed by atoms with van der Waals surface area (Å²) in [5, 5.41) is 0. The van der Waals surface area contributed by atoms with Gasteiger partial charge in [-0.1, -0.05) is 33.1 Å². The van der Waals surface area contributed by atoms with Crippen LogP contribution in [0.15, 0.2) is 0 Å². The van der Waals surface area contributed by atoms with Crippen LogP contribution in [-0.4, -0.2) is 24.8 Å². The maximum Gasteiger partial charge on any atom is 0.455 e. The molecule has 0 radical (unpaired) electrons. The predicted octanol–water partition coefficient (Wildman–Crippen LogP) is 5.20. The Bertz CT molecular complexity index is 290. The molecule has 1 saturated carbocycles. The van der Waals surface area contributed by atoms with E-state index in [2.05, 4.69) is 0 Å². The molecular weight excluding hydrogens is 279 g/mol. The molecule has 3 atom stereocenters. The monoisotopic (exact) mass is 302 g/mol. The summed E-state index contributed by atoms with van der Waals surface area (Å²) in [5.74, 6) is -4.55. The molecule has 20 heavy (non-hydrogen) atoms. The fourth-order valence-corrected chi connectivity index (χ4v) is 2.91. The molecule has 1 rings (SSSR count). The lowest BCUT2D eigenvalue weighted by Gasteiger charge is -2.28. The van der Waals surface area contributed by atoms with Crippen molar-refractivity contribution in [3.8, 4) is 0 Å². The molecule has 0 aliphatic heterocycles. The standard InChI is InChI=1S/C14H23F5O/c1-3-5-6-11-8-7-10(4-2)12(11)20-9-13(15,16)14(17,18)19/h10-12H,3-9H2,1-2H3. The number of hydrogen-bond donors (Lipinski definition) is 0. The molecule has 120 valence electrons. The zero-order valence-electron chi connectivity index (χ0n) is 12.0. The molecule has 0 N–H and O–H groups in total. The Morgan fingerprint density at radius 1 is 1.00 bits per heavy atom. The second kappa shape index (κ2) is 7.05. The maximum atomic E-state index is 12.9. The molecule has 0 aromatic rings. The molecule has 0 spiro atoms. The van der Waals surface area contributed by atoms with Crippen molar-refractivity contribution in [1.29, 1.82) is 0 Å². The van der Waals surface area contributed by atoms with Gasteiger partial charge in [0.15, 0.2) is 0 Å². The molecule has 0 heterocycles. The second-order valence-electron chi connectivity index (χ2n) is 5.63. The lowest BCUT2D eigenvalue weighted by Crippen LogP contribution is -2.43. The van der Waals surface area contributed by atoms with Gasteiger partial charge in [-0.05, 0) is 31.1 Å². The van der Waals surface area contributed by atoms with Crippen LogP contribution in [-0.2, 0) is 4.74 Å². The summed E-state index contributed by atoms with van der Waals surface area (Å²) >= 11 is 0.